The lowest BCUT2D eigenvalue weighted by molar-refractivity contribution is -0.0999. The van der Waals surface area contributed by atoms with Crippen LogP contribution in [0.15, 0.2) is 40.5 Å². The van der Waals surface area contributed by atoms with Crippen LogP contribution in [0, 0.1) is 0 Å². The summed E-state index contributed by atoms with van der Waals surface area (Å²) in [5, 5.41) is 53.4. The third kappa shape index (κ3) is 5.21. The lowest BCUT2D eigenvalue weighted by Gasteiger charge is -2.23. The van der Waals surface area contributed by atoms with Gasteiger partial charge in [-0.3, -0.25) is 0 Å². The van der Waals surface area contributed by atoms with Crippen molar-refractivity contribution in [2.75, 3.05) is 6.61 Å². The largest absolute Gasteiger partial charge is 0.394 e. The minimum Gasteiger partial charge on any atom is -0.394 e. The summed E-state index contributed by atoms with van der Waals surface area (Å²) in [6.45, 7) is -0.749. The molecule has 1 aromatic rings. The molecule has 0 aromatic heterocycles. The van der Waals surface area contributed by atoms with Crippen LogP contribution in [-0.4, -0.2) is 68.6 Å². The molecule has 0 radical (unpaired) electrons. The third-order valence-corrected chi connectivity index (χ3v) is 2.74. The van der Waals surface area contributed by atoms with Gasteiger partial charge in [-0.05, 0) is 0 Å². The zero-order valence-corrected chi connectivity index (χ0v) is 11.2. The average Bonchev–Trinajstić information content (AvgIpc) is 2.53. The maximum Gasteiger partial charge on any atom is 0.153 e. The van der Waals surface area contributed by atoms with Gasteiger partial charge >= 0.3 is 0 Å². The van der Waals surface area contributed by atoms with Crippen LogP contribution >= 0.6 is 0 Å². The van der Waals surface area contributed by atoms with Gasteiger partial charge in [0.05, 0.1) is 12.8 Å². The first-order valence-corrected chi connectivity index (χ1v) is 6.22. The van der Waals surface area contributed by atoms with E-state index in [2.05, 4.69) is 10.2 Å². The molecule has 0 saturated carbocycles. The lowest BCUT2D eigenvalue weighted by Crippen LogP contribution is -2.46. The van der Waals surface area contributed by atoms with Crippen molar-refractivity contribution in [3.05, 3.63) is 35.9 Å². The molecule has 0 heterocycles. The van der Waals surface area contributed by atoms with E-state index in [4.69, 9.17) is 15.9 Å². The fourth-order valence-electron chi connectivity index (χ4n) is 1.46. The van der Waals surface area contributed by atoms with E-state index < -0.39 is 31.0 Å². The average molecular weight is 297 g/mol. The molecule has 7 N–H and O–H groups in total. The van der Waals surface area contributed by atoms with Crippen LogP contribution < -0.4 is 5.73 Å². The molecule has 0 bridgehead atoms. The maximum absolute atomic E-state index is 9.55. The third-order valence-electron chi connectivity index (χ3n) is 2.74. The fourth-order valence-corrected chi connectivity index (χ4v) is 1.46. The van der Waals surface area contributed by atoms with Crippen LogP contribution in [0.3, 0.4) is 0 Å². The van der Waals surface area contributed by atoms with Crippen LogP contribution in [0.1, 0.15) is 5.56 Å². The molecule has 0 unspecified atom stereocenters. The van der Waals surface area contributed by atoms with Crippen molar-refractivity contribution in [1.29, 1.82) is 0 Å². The fraction of sp³-hybridized carbons (Fsp3) is 0.385. The summed E-state index contributed by atoms with van der Waals surface area (Å²) in [5.41, 5.74) is 6.30. The van der Waals surface area contributed by atoms with E-state index in [0.29, 0.717) is 5.56 Å². The Morgan fingerprint density at radius 2 is 1.71 bits per heavy atom. The monoisotopic (exact) mass is 297 g/mol. The number of nitrogens with two attached hydrogens (primary N) is 1. The Morgan fingerprint density at radius 3 is 2.29 bits per heavy atom. The second-order valence-corrected chi connectivity index (χ2v) is 4.34. The quantitative estimate of drug-likeness (QED) is 0.191. The summed E-state index contributed by atoms with van der Waals surface area (Å²) in [6, 6.07) is 8.80. The topological polar surface area (TPSA) is 152 Å². The van der Waals surface area contributed by atoms with E-state index in [-0.39, 0.29) is 5.84 Å². The number of rotatable bonds is 7. The Bertz CT molecular complexity index is 480. The zero-order chi connectivity index (χ0) is 15.8. The molecule has 21 heavy (non-hydrogen) atoms. The van der Waals surface area contributed by atoms with E-state index in [0.717, 1.165) is 6.21 Å². The maximum atomic E-state index is 9.55. The molecule has 8 heteroatoms. The van der Waals surface area contributed by atoms with E-state index >= 15 is 0 Å². The molecule has 1 rings (SSSR count). The molecule has 116 valence electrons. The highest BCUT2D eigenvalue weighted by Crippen LogP contribution is 2.04. The molecule has 0 amide bonds. The van der Waals surface area contributed by atoms with Crippen molar-refractivity contribution >= 4 is 12.1 Å². The van der Waals surface area contributed by atoms with Crippen LogP contribution in [-0.2, 0) is 0 Å². The predicted octanol–water partition coefficient (Wildman–Crippen LogP) is -2.19. The Balaban J connectivity index is 2.63. The molecule has 0 fully saturated rings. The number of benzene rings is 1. The summed E-state index contributed by atoms with van der Waals surface area (Å²) >= 11 is 0. The predicted molar refractivity (Wildman–Crippen MR) is 76.8 cm³/mol. The van der Waals surface area contributed by atoms with Gasteiger partial charge in [0.2, 0.25) is 0 Å². The second kappa shape index (κ2) is 8.45. The van der Waals surface area contributed by atoms with Crippen molar-refractivity contribution in [2.45, 2.75) is 24.4 Å². The molecular formula is C13H19N3O5. The molecule has 0 aliphatic carbocycles. The summed E-state index contributed by atoms with van der Waals surface area (Å²) < 4.78 is 0. The van der Waals surface area contributed by atoms with Crippen molar-refractivity contribution in [3.8, 4) is 0 Å². The van der Waals surface area contributed by atoms with Crippen molar-refractivity contribution in [1.82, 2.24) is 0 Å². The molecule has 1 aromatic carbocycles. The first-order valence-electron chi connectivity index (χ1n) is 6.22. The highest BCUT2D eigenvalue weighted by Gasteiger charge is 2.29. The molecule has 8 nitrogen and oxygen atoms in total. The van der Waals surface area contributed by atoms with Gasteiger partial charge in [-0.2, -0.15) is 5.10 Å². The van der Waals surface area contributed by atoms with E-state index in [1.807, 2.05) is 6.07 Å². The van der Waals surface area contributed by atoms with Gasteiger partial charge in [0.1, 0.15) is 24.4 Å². The van der Waals surface area contributed by atoms with Crippen LogP contribution in [0.5, 0.6) is 0 Å². The minimum absolute atomic E-state index is 0.115. The number of amidine groups is 1. The molecule has 0 saturated heterocycles. The molecule has 0 spiro atoms. The van der Waals surface area contributed by atoms with E-state index in [1.54, 1.807) is 24.3 Å². The number of hydrogen-bond acceptors (Lipinski definition) is 7. The number of hydrogen-bond donors (Lipinski definition) is 6. The Morgan fingerprint density at radius 1 is 1.10 bits per heavy atom. The summed E-state index contributed by atoms with van der Waals surface area (Å²) in [5.74, 6) is 0.115. The van der Waals surface area contributed by atoms with Crippen molar-refractivity contribution in [2.24, 2.45) is 15.9 Å². The highest BCUT2D eigenvalue weighted by molar-refractivity contribution is 5.97. The summed E-state index contributed by atoms with van der Waals surface area (Å²) in [7, 11) is 0. The normalized spacial score (nSPS) is 18.4. The Hall–Kier alpha value is -1.84. The first kappa shape index (κ1) is 17.2. The van der Waals surface area contributed by atoms with Gasteiger partial charge in [0.15, 0.2) is 5.84 Å². The molecular weight excluding hydrogens is 278 g/mol. The molecule has 4 atom stereocenters. The van der Waals surface area contributed by atoms with Gasteiger partial charge in [-0.25, -0.2) is 0 Å². The van der Waals surface area contributed by atoms with Crippen LogP contribution in [0.4, 0.5) is 0 Å². The van der Waals surface area contributed by atoms with Crippen LogP contribution in [0.25, 0.3) is 0 Å². The second-order valence-electron chi connectivity index (χ2n) is 4.34. The number of nitrogens with zero attached hydrogens (tertiary/aromatic N) is 2. The SMILES string of the molecule is N/C(=N\N=C\[C@H](O)[C@@H](O)[C@@H](O)[C@H](O)CO)c1ccccc1. The van der Waals surface area contributed by atoms with Crippen LogP contribution in [0.2, 0.25) is 0 Å². The van der Waals surface area contributed by atoms with Gasteiger partial charge in [-0.15, -0.1) is 5.10 Å². The Labute approximate surface area is 121 Å². The van der Waals surface area contributed by atoms with E-state index in [1.165, 1.54) is 0 Å². The van der Waals surface area contributed by atoms with Crippen molar-refractivity contribution < 1.29 is 25.5 Å². The molecule has 0 aliphatic rings. The first-order chi connectivity index (χ1) is 9.97. The van der Waals surface area contributed by atoms with Gasteiger partial charge in [-0.1, -0.05) is 30.3 Å². The highest BCUT2D eigenvalue weighted by atomic mass is 16.4. The summed E-state index contributed by atoms with van der Waals surface area (Å²) in [4.78, 5) is 0. The smallest absolute Gasteiger partial charge is 0.153 e. The summed E-state index contributed by atoms with van der Waals surface area (Å²) in [6.07, 6.45) is -5.71. The lowest BCUT2D eigenvalue weighted by atomic mass is 10.0. The molecule has 0 aliphatic heterocycles. The van der Waals surface area contributed by atoms with E-state index in [9.17, 15) is 15.3 Å². The van der Waals surface area contributed by atoms with Gasteiger partial charge in [0, 0.05) is 5.56 Å². The Kier molecular flexibility index (Phi) is 6.92. The van der Waals surface area contributed by atoms with Gasteiger partial charge < -0.3 is 31.3 Å². The van der Waals surface area contributed by atoms with Crippen molar-refractivity contribution in [3.63, 3.8) is 0 Å². The van der Waals surface area contributed by atoms with Gasteiger partial charge in [0.25, 0.3) is 0 Å². The zero-order valence-electron chi connectivity index (χ0n) is 11.2. The minimum atomic E-state index is -1.72. The number of aliphatic hydroxyl groups is 5. The standard InChI is InChI=1S/C13H19N3O5/c14-13(8-4-2-1-3-5-8)16-15-6-9(18)11(20)12(21)10(19)7-17/h1-6,9-12,17-21H,7H2,(H2,14,16)/b15-6+/t9-,10+,11+,12-/m0/s1. The number of aliphatic hydroxyl groups excluding tert-OH is 5.